The van der Waals surface area contributed by atoms with Crippen LogP contribution < -0.4 is 0 Å². The number of rotatable bonds is 2. The number of aliphatic imine (C=N–C) groups is 1. The molecule has 9 heavy (non-hydrogen) atoms. The van der Waals surface area contributed by atoms with Crippen LogP contribution in [0.2, 0.25) is 0 Å². The number of allylic oxidation sites excluding steroid dienone is 1. The van der Waals surface area contributed by atoms with Crippen LogP contribution in [0.3, 0.4) is 0 Å². The topological polar surface area (TPSA) is 36.2 Å². The molecule has 0 amide bonds. The van der Waals surface area contributed by atoms with Gasteiger partial charge in [-0.1, -0.05) is 5.57 Å². The molecule has 2 heteroatoms. The smallest absolute Gasteiger partial charge is 0.0547 e. The second kappa shape index (κ2) is 4.01. The third-order valence-corrected chi connectivity index (χ3v) is 0.735. The Morgan fingerprint density at radius 3 is 2.22 bits per heavy atom. The summed E-state index contributed by atoms with van der Waals surface area (Å²) in [6, 6.07) is 0. The molecule has 0 rings (SSSR count). The molecule has 0 spiro atoms. The van der Waals surface area contributed by atoms with E-state index in [0.717, 1.165) is 11.3 Å². The average molecular weight is 124 g/mol. The minimum absolute atomic E-state index is 0.733. The summed E-state index contributed by atoms with van der Waals surface area (Å²) in [7, 11) is 0. The van der Waals surface area contributed by atoms with Gasteiger partial charge in [-0.15, -0.1) is 0 Å². The zero-order chi connectivity index (χ0) is 7.28. The lowest BCUT2D eigenvalue weighted by molar-refractivity contribution is 1.33. The molecule has 0 unspecified atom stereocenters. The van der Waals surface area contributed by atoms with Crippen molar-refractivity contribution in [1.82, 2.24) is 0 Å². The van der Waals surface area contributed by atoms with E-state index in [-0.39, 0.29) is 0 Å². The van der Waals surface area contributed by atoms with Crippen molar-refractivity contribution >= 4 is 11.9 Å². The number of hydrogen-bond donors (Lipinski definition) is 1. The fraction of sp³-hybridized carbons (Fsp3) is 0.429. The second-order valence-corrected chi connectivity index (χ2v) is 2.12. The van der Waals surface area contributed by atoms with Crippen molar-refractivity contribution < 1.29 is 0 Å². The first-order valence-corrected chi connectivity index (χ1v) is 2.85. The van der Waals surface area contributed by atoms with Gasteiger partial charge in [-0.05, 0) is 20.8 Å². The molecule has 0 aliphatic heterocycles. The van der Waals surface area contributed by atoms with Crippen molar-refractivity contribution in [2.24, 2.45) is 4.99 Å². The van der Waals surface area contributed by atoms with Gasteiger partial charge in [-0.2, -0.15) is 0 Å². The second-order valence-electron chi connectivity index (χ2n) is 2.12. The average Bonchev–Trinajstić information content (AvgIpc) is 1.83. The fourth-order valence-corrected chi connectivity index (χ4v) is 0.268. The molecule has 0 fully saturated rings. The van der Waals surface area contributed by atoms with Crippen molar-refractivity contribution in [1.29, 1.82) is 5.41 Å². The first-order chi connectivity index (χ1) is 4.16. The van der Waals surface area contributed by atoms with Gasteiger partial charge in [0.05, 0.1) is 5.71 Å². The maximum Gasteiger partial charge on any atom is 0.0547 e. The van der Waals surface area contributed by atoms with E-state index in [4.69, 9.17) is 5.41 Å². The van der Waals surface area contributed by atoms with E-state index in [2.05, 4.69) is 4.99 Å². The Kier molecular flexibility index (Phi) is 3.60. The summed E-state index contributed by atoms with van der Waals surface area (Å²) in [4.78, 5) is 3.95. The van der Waals surface area contributed by atoms with E-state index in [1.165, 1.54) is 6.21 Å². The fourth-order valence-electron chi connectivity index (χ4n) is 0.268. The van der Waals surface area contributed by atoms with Crippen molar-refractivity contribution in [2.75, 3.05) is 0 Å². The third kappa shape index (κ3) is 4.94. The van der Waals surface area contributed by atoms with Gasteiger partial charge in [0.25, 0.3) is 0 Å². The molecule has 0 aromatic rings. The summed E-state index contributed by atoms with van der Waals surface area (Å²) >= 11 is 0. The van der Waals surface area contributed by atoms with Crippen LogP contribution in [0.15, 0.2) is 16.8 Å². The maximum atomic E-state index is 6.77. The van der Waals surface area contributed by atoms with Crippen molar-refractivity contribution in [3.8, 4) is 0 Å². The van der Waals surface area contributed by atoms with Crippen molar-refractivity contribution in [3.05, 3.63) is 11.8 Å². The molecule has 0 radical (unpaired) electrons. The molecule has 0 saturated heterocycles. The number of hydrogen-bond acceptors (Lipinski definition) is 2. The Labute approximate surface area is 55.8 Å². The summed E-state index contributed by atoms with van der Waals surface area (Å²) in [6.45, 7) is 5.74. The highest BCUT2D eigenvalue weighted by atomic mass is 14.7. The van der Waals surface area contributed by atoms with E-state index in [1.807, 2.05) is 13.8 Å². The van der Waals surface area contributed by atoms with Crippen LogP contribution in [0.5, 0.6) is 0 Å². The van der Waals surface area contributed by atoms with Crippen LogP contribution in [-0.4, -0.2) is 11.9 Å². The Morgan fingerprint density at radius 1 is 1.33 bits per heavy atom. The SMILES string of the molecule is CC(C)=C/N=C(/C)C=N. The van der Waals surface area contributed by atoms with Crippen LogP contribution in [0.25, 0.3) is 0 Å². The van der Waals surface area contributed by atoms with Crippen LogP contribution in [0.4, 0.5) is 0 Å². The predicted octanol–water partition coefficient (Wildman–Crippen LogP) is 2.02. The first kappa shape index (κ1) is 8.08. The summed E-state index contributed by atoms with van der Waals surface area (Å²) < 4.78 is 0. The zero-order valence-corrected chi connectivity index (χ0v) is 6.10. The molecule has 0 heterocycles. The van der Waals surface area contributed by atoms with Crippen molar-refractivity contribution in [3.63, 3.8) is 0 Å². The molecule has 0 bridgehead atoms. The normalized spacial score (nSPS) is 10.8. The third-order valence-electron chi connectivity index (χ3n) is 0.735. The Morgan fingerprint density at radius 2 is 1.89 bits per heavy atom. The minimum atomic E-state index is 0.733. The van der Waals surface area contributed by atoms with Gasteiger partial charge in [0.15, 0.2) is 0 Å². The van der Waals surface area contributed by atoms with Gasteiger partial charge in [-0.3, -0.25) is 4.99 Å². The Bertz CT molecular complexity index is 150. The molecule has 0 aromatic carbocycles. The van der Waals surface area contributed by atoms with Gasteiger partial charge in [0.2, 0.25) is 0 Å². The molecule has 0 aliphatic rings. The predicted molar refractivity (Wildman–Crippen MR) is 41.3 cm³/mol. The molecular weight excluding hydrogens is 112 g/mol. The van der Waals surface area contributed by atoms with Crippen LogP contribution in [-0.2, 0) is 0 Å². The highest BCUT2D eigenvalue weighted by Gasteiger charge is 1.77. The molecule has 0 aromatic heterocycles. The largest absolute Gasteiger partial charge is 0.307 e. The van der Waals surface area contributed by atoms with E-state index in [9.17, 15) is 0 Å². The van der Waals surface area contributed by atoms with Crippen LogP contribution >= 0.6 is 0 Å². The summed E-state index contributed by atoms with van der Waals surface area (Å²) in [5, 5.41) is 6.77. The molecule has 2 nitrogen and oxygen atoms in total. The maximum absolute atomic E-state index is 6.77. The van der Waals surface area contributed by atoms with Gasteiger partial charge >= 0.3 is 0 Å². The van der Waals surface area contributed by atoms with Gasteiger partial charge in [-0.25, -0.2) is 0 Å². The van der Waals surface area contributed by atoms with E-state index in [0.29, 0.717) is 0 Å². The zero-order valence-electron chi connectivity index (χ0n) is 6.10. The number of nitrogens with zero attached hydrogens (tertiary/aromatic N) is 1. The lowest BCUT2D eigenvalue weighted by Crippen LogP contribution is -1.87. The lowest BCUT2D eigenvalue weighted by Gasteiger charge is -1.84. The highest BCUT2D eigenvalue weighted by molar-refractivity contribution is 6.28. The van der Waals surface area contributed by atoms with Crippen LogP contribution in [0, 0.1) is 5.41 Å². The minimum Gasteiger partial charge on any atom is -0.307 e. The summed E-state index contributed by atoms with van der Waals surface area (Å²) in [5.74, 6) is 0. The van der Waals surface area contributed by atoms with E-state index in [1.54, 1.807) is 13.1 Å². The van der Waals surface area contributed by atoms with Gasteiger partial charge in [0.1, 0.15) is 0 Å². The summed E-state index contributed by atoms with van der Waals surface area (Å²) in [5.41, 5.74) is 1.88. The quantitative estimate of drug-likeness (QED) is 0.547. The monoisotopic (exact) mass is 124 g/mol. The van der Waals surface area contributed by atoms with E-state index < -0.39 is 0 Å². The molecule has 1 N–H and O–H groups in total. The van der Waals surface area contributed by atoms with Gasteiger partial charge in [0, 0.05) is 12.4 Å². The van der Waals surface area contributed by atoms with E-state index >= 15 is 0 Å². The first-order valence-electron chi connectivity index (χ1n) is 2.85. The highest BCUT2D eigenvalue weighted by Crippen LogP contribution is 1.88. The molecular formula is C7H12N2. The van der Waals surface area contributed by atoms with Gasteiger partial charge < -0.3 is 5.41 Å². The molecule has 50 valence electrons. The van der Waals surface area contributed by atoms with Crippen molar-refractivity contribution in [2.45, 2.75) is 20.8 Å². The van der Waals surface area contributed by atoms with Crippen LogP contribution in [0.1, 0.15) is 20.8 Å². The lowest BCUT2D eigenvalue weighted by atomic mass is 10.4. The number of nitrogens with one attached hydrogen (secondary N) is 1. The summed E-state index contributed by atoms with van der Waals surface area (Å²) in [6.07, 6.45) is 2.99. The standard InChI is InChI=1S/C7H12N2/c1-6(2)5-9-7(3)4-8/h4-5,8H,1-3H3/b8-4?,9-7-. The molecule has 0 atom stereocenters. The Hall–Kier alpha value is -0.920. The molecule has 0 saturated carbocycles. The molecule has 0 aliphatic carbocycles. The Balaban J connectivity index is 3.98.